The molecule has 120 valence electrons. The van der Waals surface area contributed by atoms with Crippen LogP contribution in [0.15, 0.2) is 18.2 Å². The maximum atomic E-state index is 13.7. The van der Waals surface area contributed by atoms with Gasteiger partial charge in [-0.2, -0.15) is 0 Å². The van der Waals surface area contributed by atoms with Crippen molar-refractivity contribution in [1.29, 1.82) is 0 Å². The summed E-state index contributed by atoms with van der Waals surface area (Å²) >= 11 is 0. The highest BCUT2D eigenvalue weighted by molar-refractivity contribution is 5.94. The molecule has 0 saturated heterocycles. The van der Waals surface area contributed by atoms with Crippen LogP contribution in [0.4, 0.5) is 14.9 Å². The number of nitrogens with one attached hydrogen (secondary N) is 1. The molecule has 0 spiro atoms. The smallest absolute Gasteiger partial charge is 0.337 e. The van der Waals surface area contributed by atoms with E-state index in [4.69, 9.17) is 5.11 Å². The predicted octanol–water partition coefficient (Wildman–Crippen LogP) is 1.80. The van der Waals surface area contributed by atoms with E-state index in [0.717, 1.165) is 17.0 Å². The van der Waals surface area contributed by atoms with Crippen molar-refractivity contribution in [1.82, 2.24) is 4.90 Å². The number of halogens is 1. The van der Waals surface area contributed by atoms with E-state index in [1.54, 1.807) is 0 Å². The van der Waals surface area contributed by atoms with Crippen LogP contribution in [0.1, 0.15) is 17.3 Å². The van der Waals surface area contributed by atoms with E-state index >= 15 is 0 Å². The molecule has 0 bridgehead atoms. The minimum absolute atomic E-state index is 0.0422. The minimum Gasteiger partial charge on any atom is -0.481 e. The van der Waals surface area contributed by atoms with Crippen molar-refractivity contribution in [2.75, 3.05) is 26.0 Å². The van der Waals surface area contributed by atoms with Gasteiger partial charge in [0, 0.05) is 13.6 Å². The van der Waals surface area contributed by atoms with Crippen LogP contribution in [0.5, 0.6) is 0 Å². The number of nitrogens with zero attached hydrogens (tertiary/aromatic N) is 1. The van der Waals surface area contributed by atoms with E-state index < -0.39 is 29.7 Å². The van der Waals surface area contributed by atoms with Crippen LogP contribution >= 0.6 is 0 Å². The summed E-state index contributed by atoms with van der Waals surface area (Å²) in [5, 5.41) is 11.1. The normalized spacial score (nSPS) is 11.5. The van der Waals surface area contributed by atoms with Crippen molar-refractivity contribution < 1.29 is 28.6 Å². The fraction of sp³-hybridized carbons (Fsp3) is 0.357. The van der Waals surface area contributed by atoms with E-state index in [0.29, 0.717) is 0 Å². The first kappa shape index (κ1) is 17.4. The molecule has 0 fully saturated rings. The number of methoxy groups -OCH3 is 1. The number of urea groups is 1. The van der Waals surface area contributed by atoms with Crippen molar-refractivity contribution in [2.45, 2.75) is 6.92 Å². The Hall–Kier alpha value is -2.64. The van der Waals surface area contributed by atoms with Crippen LogP contribution in [-0.4, -0.2) is 48.7 Å². The second-order valence-corrected chi connectivity index (χ2v) is 4.74. The Balaban J connectivity index is 2.83. The molecule has 2 N–H and O–H groups in total. The third-order valence-corrected chi connectivity index (χ3v) is 2.95. The molecular formula is C14H17FN2O5. The van der Waals surface area contributed by atoms with Gasteiger partial charge in [-0.05, 0) is 18.2 Å². The van der Waals surface area contributed by atoms with Crippen molar-refractivity contribution in [3.63, 3.8) is 0 Å². The minimum atomic E-state index is -1.04. The maximum absolute atomic E-state index is 13.7. The van der Waals surface area contributed by atoms with Gasteiger partial charge >= 0.3 is 18.0 Å². The number of carboxylic acid groups (broad SMARTS) is 1. The number of carbonyl (C=O) groups excluding carboxylic acids is 2. The van der Waals surface area contributed by atoms with Gasteiger partial charge in [0.05, 0.1) is 24.3 Å². The molecule has 1 unspecified atom stereocenters. The zero-order valence-corrected chi connectivity index (χ0v) is 12.4. The summed E-state index contributed by atoms with van der Waals surface area (Å²) in [7, 11) is 2.57. The molecule has 8 heteroatoms. The Bertz CT molecular complexity index is 591. The van der Waals surface area contributed by atoms with Crippen molar-refractivity contribution in [3.8, 4) is 0 Å². The molecule has 22 heavy (non-hydrogen) atoms. The van der Waals surface area contributed by atoms with E-state index in [9.17, 15) is 18.8 Å². The number of amides is 2. The van der Waals surface area contributed by atoms with Crippen LogP contribution < -0.4 is 5.32 Å². The Morgan fingerprint density at radius 3 is 2.59 bits per heavy atom. The standard InChI is InChI=1S/C14H17FN2O5/c1-8(12(18)19)7-17(2)14(21)16-11-6-9(13(20)22-3)4-5-10(11)15/h4-6,8H,7H2,1-3H3,(H,16,21)(H,18,19). The molecule has 0 radical (unpaired) electrons. The van der Waals surface area contributed by atoms with E-state index in [1.165, 1.54) is 27.1 Å². The molecule has 1 aromatic carbocycles. The van der Waals surface area contributed by atoms with Crippen LogP contribution in [0.3, 0.4) is 0 Å². The third kappa shape index (κ3) is 4.44. The van der Waals surface area contributed by atoms with Crippen LogP contribution in [0.2, 0.25) is 0 Å². The van der Waals surface area contributed by atoms with Crippen molar-refractivity contribution in [2.24, 2.45) is 5.92 Å². The third-order valence-electron chi connectivity index (χ3n) is 2.95. The average molecular weight is 312 g/mol. The van der Waals surface area contributed by atoms with Gasteiger partial charge in [-0.1, -0.05) is 6.92 Å². The lowest BCUT2D eigenvalue weighted by Crippen LogP contribution is -2.36. The molecule has 0 aliphatic heterocycles. The zero-order valence-electron chi connectivity index (χ0n) is 12.4. The number of esters is 1. The molecule has 1 atom stereocenters. The lowest BCUT2D eigenvalue weighted by molar-refractivity contribution is -0.141. The maximum Gasteiger partial charge on any atom is 0.337 e. The summed E-state index contributed by atoms with van der Waals surface area (Å²) in [5.74, 6) is -3.19. The van der Waals surface area contributed by atoms with Gasteiger partial charge in [0.1, 0.15) is 5.82 Å². The summed E-state index contributed by atoms with van der Waals surface area (Å²) in [6.07, 6.45) is 0. The molecule has 7 nitrogen and oxygen atoms in total. The zero-order chi connectivity index (χ0) is 16.9. The number of carbonyl (C=O) groups is 3. The highest BCUT2D eigenvalue weighted by Gasteiger charge is 2.19. The summed E-state index contributed by atoms with van der Waals surface area (Å²) < 4.78 is 18.2. The topological polar surface area (TPSA) is 95.9 Å². The van der Waals surface area contributed by atoms with E-state index in [1.807, 2.05) is 0 Å². The Morgan fingerprint density at radius 1 is 1.41 bits per heavy atom. The summed E-state index contributed by atoms with van der Waals surface area (Å²) in [5.41, 5.74) is -0.108. The molecule has 2 amide bonds. The largest absolute Gasteiger partial charge is 0.481 e. The number of hydrogen-bond acceptors (Lipinski definition) is 4. The molecule has 0 heterocycles. The second kappa shape index (κ2) is 7.39. The average Bonchev–Trinajstić information content (AvgIpc) is 2.48. The fourth-order valence-electron chi connectivity index (χ4n) is 1.65. The Kier molecular flexibility index (Phi) is 5.85. The lowest BCUT2D eigenvalue weighted by atomic mass is 10.2. The SMILES string of the molecule is COC(=O)c1ccc(F)c(NC(=O)N(C)CC(C)C(=O)O)c1. The quantitative estimate of drug-likeness (QED) is 0.808. The summed E-state index contributed by atoms with van der Waals surface area (Å²) in [4.78, 5) is 35.2. The van der Waals surface area contributed by atoms with E-state index in [-0.39, 0.29) is 17.8 Å². The van der Waals surface area contributed by atoms with Crippen LogP contribution in [0.25, 0.3) is 0 Å². The monoisotopic (exact) mass is 312 g/mol. The van der Waals surface area contributed by atoms with Gasteiger partial charge in [0.15, 0.2) is 0 Å². The molecule has 0 saturated carbocycles. The fourth-order valence-corrected chi connectivity index (χ4v) is 1.65. The molecule has 0 aromatic heterocycles. The van der Waals surface area contributed by atoms with E-state index in [2.05, 4.69) is 10.1 Å². The molecule has 1 rings (SSSR count). The Morgan fingerprint density at radius 2 is 2.05 bits per heavy atom. The number of anilines is 1. The highest BCUT2D eigenvalue weighted by atomic mass is 19.1. The van der Waals surface area contributed by atoms with Gasteiger partial charge in [-0.3, -0.25) is 4.79 Å². The van der Waals surface area contributed by atoms with Crippen molar-refractivity contribution in [3.05, 3.63) is 29.6 Å². The first-order valence-corrected chi connectivity index (χ1v) is 6.39. The summed E-state index contributed by atoms with van der Waals surface area (Å²) in [6, 6.07) is 2.72. The number of aliphatic carboxylic acids is 1. The number of rotatable bonds is 5. The van der Waals surface area contributed by atoms with Gasteiger partial charge in [0.25, 0.3) is 0 Å². The van der Waals surface area contributed by atoms with Gasteiger partial charge in [0.2, 0.25) is 0 Å². The first-order valence-electron chi connectivity index (χ1n) is 6.39. The van der Waals surface area contributed by atoms with Gasteiger partial charge < -0.3 is 20.1 Å². The van der Waals surface area contributed by atoms with Gasteiger partial charge in [-0.25, -0.2) is 14.0 Å². The van der Waals surface area contributed by atoms with Crippen molar-refractivity contribution >= 4 is 23.7 Å². The molecule has 0 aliphatic carbocycles. The highest BCUT2D eigenvalue weighted by Crippen LogP contribution is 2.17. The lowest BCUT2D eigenvalue weighted by Gasteiger charge is -2.20. The van der Waals surface area contributed by atoms with Crippen LogP contribution in [0, 0.1) is 11.7 Å². The number of ether oxygens (including phenoxy) is 1. The summed E-state index contributed by atoms with van der Waals surface area (Å²) in [6.45, 7) is 1.41. The second-order valence-electron chi connectivity index (χ2n) is 4.74. The van der Waals surface area contributed by atoms with Crippen LogP contribution in [-0.2, 0) is 9.53 Å². The van der Waals surface area contributed by atoms with Gasteiger partial charge in [-0.15, -0.1) is 0 Å². The molecule has 0 aliphatic rings. The number of benzene rings is 1. The predicted molar refractivity (Wildman–Crippen MR) is 76.2 cm³/mol. The molecular weight excluding hydrogens is 295 g/mol. The number of hydrogen-bond donors (Lipinski definition) is 2. The molecule has 1 aromatic rings. The number of carboxylic acids is 1. The first-order chi connectivity index (χ1) is 10.3. The Labute approximate surface area is 126 Å².